The molecule has 0 bridgehead atoms. The Hall–Kier alpha value is -0.550. The second kappa shape index (κ2) is 7.71. The summed E-state index contributed by atoms with van der Waals surface area (Å²) in [5, 5.41) is 2.77. The average molecular weight is 273 g/mol. The van der Waals surface area contributed by atoms with Crippen LogP contribution in [0.1, 0.15) is 11.6 Å². The van der Waals surface area contributed by atoms with Gasteiger partial charge >= 0.3 is 0 Å². The zero-order chi connectivity index (χ0) is 12.7. The standard InChI is InChI=1S/C12H17ClN2OS/c1-14-15(2)12(9-17-8-7-16)10-3-5-11(13)6-4-10/h3-7,12,14H,8-9H2,1-2H3. The zero-order valence-corrected chi connectivity index (χ0v) is 11.6. The number of hydrazine groups is 1. The number of nitrogens with zero attached hydrogens (tertiary/aromatic N) is 1. The third-order valence-corrected chi connectivity index (χ3v) is 3.71. The number of hydrogen-bond donors (Lipinski definition) is 1. The van der Waals surface area contributed by atoms with Crippen LogP contribution in [0.15, 0.2) is 24.3 Å². The largest absolute Gasteiger partial charge is 0.302 e. The molecule has 17 heavy (non-hydrogen) atoms. The minimum Gasteiger partial charge on any atom is -0.302 e. The molecule has 1 rings (SSSR count). The predicted octanol–water partition coefficient (Wildman–Crippen LogP) is 2.38. The Morgan fingerprint density at radius 3 is 2.65 bits per heavy atom. The molecule has 94 valence electrons. The molecular formula is C12H17ClN2OS. The number of carbonyl (C=O) groups is 1. The summed E-state index contributed by atoms with van der Waals surface area (Å²) < 4.78 is 0. The molecule has 0 radical (unpaired) electrons. The molecule has 0 saturated heterocycles. The molecule has 1 aromatic carbocycles. The Morgan fingerprint density at radius 2 is 2.12 bits per heavy atom. The van der Waals surface area contributed by atoms with Crippen molar-refractivity contribution in [2.75, 3.05) is 25.6 Å². The van der Waals surface area contributed by atoms with Crippen molar-refractivity contribution in [1.82, 2.24) is 10.4 Å². The maximum atomic E-state index is 10.3. The van der Waals surface area contributed by atoms with E-state index < -0.39 is 0 Å². The predicted molar refractivity (Wildman–Crippen MR) is 74.4 cm³/mol. The van der Waals surface area contributed by atoms with Crippen molar-refractivity contribution in [2.24, 2.45) is 0 Å². The van der Waals surface area contributed by atoms with Gasteiger partial charge < -0.3 is 4.79 Å². The first-order valence-corrected chi connectivity index (χ1v) is 6.89. The smallest absolute Gasteiger partial charge is 0.129 e. The first kappa shape index (κ1) is 14.5. The summed E-state index contributed by atoms with van der Waals surface area (Å²) in [5.41, 5.74) is 4.29. The van der Waals surface area contributed by atoms with Crippen LogP contribution in [0.4, 0.5) is 0 Å². The van der Waals surface area contributed by atoms with E-state index in [2.05, 4.69) is 5.43 Å². The molecule has 1 aromatic rings. The highest BCUT2D eigenvalue weighted by Crippen LogP contribution is 2.23. The summed E-state index contributed by atoms with van der Waals surface area (Å²) in [5.74, 6) is 1.39. The van der Waals surface area contributed by atoms with Crippen molar-refractivity contribution in [2.45, 2.75) is 6.04 Å². The summed E-state index contributed by atoms with van der Waals surface area (Å²) >= 11 is 7.50. The van der Waals surface area contributed by atoms with E-state index in [1.54, 1.807) is 11.8 Å². The summed E-state index contributed by atoms with van der Waals surface area (Å²) in [6.07, 6.45) is 0.933. The number of benzene rings is 1. The maximum absolute atomic E-state index is 10.3. The number of thioether (sulfide) groups is 1. The second-order valence-electron chi connectivity index (χ2n) is 3.61. The fourth-order valence-electron chi connectivity index (χ4n) is 1.50. The minimum absolute atomic E-state index is 0.224. The van der Waals surface area contributed by atoms with Crippen LogP contribution in [0.25, 0.3) is 0 Å². The van der Waals surface area contributed by atoms with Gasteiger partial charge in [-0.15, -0.1) is 0 Å². The fourth-order valence-corrected chi connectivity index (χ4v) is 2.50. The molecule has 3 nitrogen and oxygen atoms in total. The third kappa shape index (κ3) is 4.68. The number of hydrogen-bond acceptors (Lipinski definition) is 4. The highest BCUT2D eigenvalue weighted by Gasteiger charge is 2.15. The van der Waals surface area contributed by atoms with E-state index >= 15 is 0 Å². The van der Waals surface area contributed by atoms with Gasteiger partial charge in [-0.3, -0.25) is 5.43 Å². The van der Waals surface area contributed by atoms with Crippen LogP contribution >= 0.6 is 23.4 Å². The molecule has 1 atom stereocenters. The molecule has 0 saturated carbocycles. The van der Waals surface area contributed by atoms with Crippen LogP contribution in [0.2, 0.25) is 5.02 Å². The molecule has 0 aliphatic carbocycles. The third-order valence-electron chi connectivity index (χ3n) is 2.54. The summed E-state index contributed by atoms with van der Waals surface area (Å²) in [6.45, 7) is 0. The van der Waals surface area contributed by atoms with E-state index in [0.29, 0.717) is 5.75 Å². The Balaban J connectivity index is 2.74. The van der Waals surface area contributed by atoms with E-state index in [9.17, 15) is 4.79 Å². The SMILES string of the molecule is CNN(C)C(CSCC=O)c1ccc(Cl)cc1. The van der Waals surface area contributed by atoms with Crippen molar-refractivity contribution in [3.05, 3.63) is 34.9 Å². The number of carbonyl (C=O) groups excluding carboxylic acids is 1. The van der Waals surface area contributed by atoms with Gasteiger partial charge in [0.2, 0.25) is 0 Å². The molecule has 0 fully saturated rings. The topological polar surface area (TPSA) is 32.3 Å². The summed E-state index contributed by atoms with van der Waals surface area (Å²) in [7, 11) is 3.87. The van der Waals surface area contributed by atoms with E-state index in [0.717, 1.165) is 17.1 Å². The monoisotopic (exact) mass is 272 g/mol. The average Bonchev–Trinajstić information content (AvgIpc) is 2.35. The van der Waals surface area contributed by atoms with Gasteiger partial charge in [0.1, 0.15) is 6.29 Å². The van der Waals surface area contributed by atoms with E-state index in [4.69, 9.17) is 11.6 Å². The summed E-state index contributed by atoms with van der Waals surface area (Å²) in [4.78, 5) is 10.3. The van der Waals surface area contributed by atoms with Gasteiger partial charge in [-0.1, -0.05) is 23.7 Å². The second-order valence-corrected chi connectivity index (χ2v) is 5.12. The lowest BCUT2D eigenvalue weighted by Gasteiger charge is -2.27. The minimum atomic E-state index is 0.224. The number of aldehydes is 1. The Morgan fingerprint density at radius 1 is 1.47 bits per heavy atom. The molecule has 1 N–H and O–H groups in total. The van der Waals surface area contributed by atoms with Gasteiger partial charge in [0.25, 0.3) is 0 Å². The molecule has 1 unspecified atom stereocenters. The van der Waals surface area contributed by atoms with Crippen LogP contribution in [0, 0.1) is 0 Å². The molecule has 0 heterocycles. The summed E-state index contributed by atoms with van der Waals surface area (Å²) in [6, 6.07) is 8.03. The fraction of sp³-hybridized carbons (Fsp3) is 0.417. The van der Waals surface area contributed by atoms with Gasteiger partial charge in [-0.25, -0.2) is 5.01 Å². The van der Waals surface area contributed by atoms with Crippen LogP contribution in [-0.2, 0) is 4.79 Å². The van der Waals surface area contributed by atoms with Gasteiger partial charge in [0.05, 0.1) is 6.04 Å². The Labute approximate surface area is 111 Å². The van der Waals surface area contributed by atoms with Crippen molar-refractivity contribution in [3.63, 3.8) is 0 Å². The van der Waals surface area contributed by atoms with Crippen LogP contribution in [0.5, 0.6) is 0 Å². The van der Waals surface area contributed by atoms with E-state index in [1.807, 2.05) is 43.4 Å². The maximum Gasteiger partial charge on any atom is 0.129 e. The highest BCUT2D eigenvalue weighted by atomic mass is 35.5. The Bertz CT molecular complexity index is 345. The molecular weight excluding hydrogens is 256 g/mol. The molecule has 0 aliphatic rings. The molecule has 0 spiro atoms. The van der Waals surface area contributed by atoms with Crippen LogP contribution in [-0.4, -0.2) is 36.9 Å². The molecule has 0 amide bonds. The van der Waals surface area contributed by atoms with Crippen molar-refractivity contribution in [3.8, 4) is 0 Å². The molecule has 0 aliphatic heterocycles. The van der Waals surface area contributed by atoms with Crippen LogP contribution in [0.3, 0.4) is 0 Å². The number of nitrogens with one attached hydrogen (secondary N) is 1. The van der Waals surface area contributed by atoms with Gasteiger partial charge in [-0.2, -0.15) is 11.8 Å². The van der Waals surface area contributed by atoms with Gasteiger partial charge in [-0.05, 0) is 24.7 Å². The quantitative estimate of drug-likeness (QED) is 0.469. The molecule has 5 heteroatoms. The van der Waals surface area contributed by atoms with Gasteiger partial charge in [0, 0.05) is 23.6 Å². The normalized spacial score (nSPS) is 12.7. The van der Waals surface area contributed by atoms with E-state index in [-0.39, 0.29) is 6.04 Å². The lowest BCUT2D eigenvalue weighted by molar-refractivity contribution is -0.105. The van der Waals surface area contributed by atoms with Crippen molar-refractivity contribution < 1.29 is 4.79 Å². The number of rotatable bonds is 7. The van der Waals surface area contributed by atoms with Crippen LogP contribution < -0.4 is 5.43 Å². The zero-order valence-electron chi connectivity index (χ0n) is 10.0. The van der Waals surface area contributed by atoms with Gasteiger partial charge in [0.15, 0.2) is 0 Å². The lowest BCUT2D eigenvalue weighted by Crippen LogP contribution is -2.36. The Kier molecular flexibility index (Phi) is 6.58. The van der Waals surface area contributed by atoms with Crippen molar-refractivity contribution in [1.29, 1.82) is 0 Å². The van der Waals surface area contributed by atoms with E-state index in [1.165, 1.54) is 5.56 Å². The van der Waals surface area contributed by atoms with Crippen molar-refractivity contribution >= 4 is 29.6 Å². The highest BCUT2D eigenvalue weighted by molar-refractivity contribution is 7.99. The first-order chi connectivity index (χ1) is 8.19. The first-order valence-electron chi connectivity index (χ1n) is 5.36. The number of halogens is 1. The lowest BCUT2D eigenvalue weighted by atomic mass is 10.1. The molecule has 0 aromatic heterocycles.